The highest BCUT2D eigenvalue weighted by atomic mass is 35.5. The Bertz CT molecular complexity index is 454. The van der Waals surface area contributed by atoms with Crippen LogP contribution in [0.2, 0.25) is 0 Å². The van der Waals surface area contributed by atoms with Gasteiger partial charge in [0.05, 0.1) is 4.90 Å². The summed E-state index contributed by atoms with van der Waals surface area (Å²) in [4.78, 5) is 0.289. The van der Waals surface area contributed by atoms with Crippen molar-refractivity contribution >= 4 is 21.6 Å². The van der Waals surface area contributed by atoms with Crippen LogP contribution in [0, 0.1) is 0 Å². The van der Waals surface area contributed by atoms with Crippen molar-refractivity contribution in [2.75, 3.05) is 6.54 Å². The van der Waals surface area contributed by atoms with E-state index in [4.69, 9.17) is 11.6 Å². The van der Waals surface area contributed by atoms with Crippen molar-refractivity contribution in [2.45, 2.75) is 37.0 Å². The van der Waals surface area contributed by atoms with Crippen LogP contribution < -0.4 is 4.72 Å². The second-order valence-electron chi connectivity index (χ2n) is 4.04. The minimum Gasteiger partial charge on any atom is -0.211 e. The van der Waals surface area contributed by atoms with Gasteiger partial charge in [-0.2, -0.15) is 0 Å². The Kier molecular flexibility index (Phi) is 4.98. The van der Waals surface area contributed by atoms with Crippen LogP contribution in [-0.2, 0) is 10.0 Å². The van der Waals surface area contributed by atoms with Gasteiger partial charge in [-0.1, -0.05) is 26.0 Å². The van der Waals surface area contributed by atoms with E-state index in [0.29, 0.717) is 6.54 Å². The number of nitrogens with one attached hydrogen (secondary N) is 1. The van der Waals surface area contributed by atoms with Gasteiger partial charge in [0.25, 0.3) is 0 Å². The fourth-order valence-electron chi connectivity index (χ4n) is 1.49. The monoisotopic (exact) mass is 275 g/mol. The molecule has 0 aliphatic heterocycles. The van der Waals surface area contributed by atoms with Gasteiger partial charge >= 0.3 is 0 Å². The Morgan fingerprint density at radius 3 is 2.18 bits per heavy atom. The number of benzene rings is 1. The number of sulfonamides is 1. The van der Waals surface area contributed by atoms with Gasteiger partial charge in [-0.15, -0.1) is 11.6 Å². The number of halogens is 1. The van der Waals surface area contributed by atoms with Gasteiger partial charge in [0.2, 0.25) is 10.0 Å². The Morgan fingerprint density at radius 2 is 1.76 bits per heavy atom. The molecule has 0 fully saturated rings. The Hall–Kier alpha value is -0.580. The molecule has 0 heterocycles. The molecule has 0 saturated carbocycles. The summed E-state index contributed by atoms with van der Waals surface area (Å²) >= 11 is 6.01. The zero-order valence-corrected chi connectivity index (χ0v) is 11.8. The lowest BCUT2D eigenvalue weighted by molar-refractivity contribution is 0.584. The van der Waals surface area contributed by atoms with Gasteiger partial charge in [0.1, 0.15) is 0 Å². The third-order valence-corrected chi connectivity index (χ3v) is 4.68. The molecule has 17 heavy (non-hydrogen) atoms. The molecule has 1 aromatic carbocycles. The summed E-state index contributed by atoms with van der Waals surface area (Å²) in [5.41, 5.74) is 1.04. The summed E-state index contributed by atoms with van der Waals surface area (Å²) in [6.07, 6.45) is 0. The van der Waals surface area contributed by atoms with Gasteiger partial charge in [0.15, 0.2) is 0 Å². The molecule has 5 heteroatoms. The summed E-state index contributed by atoms with van der Waals surface area (Å²) in [6.45, 7) is 6.09. The smallest absolute Gasteiger partial charge is 0.211 e. The van der Waals surface area contributed by atoms with Gasteiger partial charge in [-0.05, 0) is 30.5 Å². The molecule has 1 N–H and O–H groups in total. The first-order valence-electron chi connectivity index (χ1n) is 5.62. The van der Waals surface area contributed by atoms with Crippen molar-refractivity contribution in [1.29, 1.82) is 0 Å². The maximum Gasteiger partial charge on any atom is 0.240 e. The van der Waals surface area contributed by atoms with E-state index >= 15 is 0 Å². The molecule has 0 aliphatic carbocycles. The van der Waals surface area contributed by atoms with Crippen LogP contribution in [0.25, 0.3) is 0 Å². The SMILES string of the molecule is CCNS(=O)(=O)c1ccc(C(C)C(C)Cl)cc1. The first kappa shape index (κ1) is 14.5. The Morgan fingerprint density at radius 1 is 1.24 bits per heavy atom. The van der Waals surface area contributed by atoms with Gasteiger partial charge in [0, 0.05) is 11.9 Å². The lowest BCUT2D eigenvalue weighted by Gasteiger charge is -2.14. The van der Waals surface area contributed by atoms with Crippen LogP contribution in [0.3, 0.4) is 0 Å². The predicted octanol–water partition coefficient (Wildman–Crippen LogP) is 2.72. The van der Waals surface area contributed by atoms with Crippen LogP contribution in [0.15, 0.2) is 29.2 Å². The van der Waals surface area contributed by atoms with E-state index in [1.54, 1.807) is 19.1 Å². The highest BCUT2D eigenvalue weighted by Crippen LogP contribution is 2.23. The summed E-state index contributed by atoms with van der Waals surface area (Å²) in [5, 5.41) is 0.0197. The Labute approximate surface area is 108 Å². The number of hydrogen-bond donors (Lipinski definition) is 1. The van der Waals surface area contributed by atoms with E-state index in [-0.39, 0.29) is 16.2 Å². The van der Waals surface area contributed by atoms with Gasteiger partial charge in [-0.25, -0.2) is 13.1 Å². The van der Waals surface area contributed by atoms with E-state index in [9.17, 15) is 8.42 Å². The van der Waals surface area contributed by atoms with Crippen molar-refractivity contribution in [1.82, 2.24) is 4.72 Å². The maximum atomic E-state index is 11.7. The molecule has 0 saturated heterocycles. The minimum atomic E-state index is -3.36. The van der Waals surface area contributed by atoms with E-state index < -0.39 is 10.0 Å². The average molecular weight is 276 g/mol. The average Bonchev–Trinajstić information content (AvgIpc) is 2.28. The lowest BCUT2D eigenvalue weighted by Crippen LogP contribution is -2.23. The molecule has 2 unspecified atom stereocenters. The summed E-state index contributed by atoms with van der Waals surface area (Å²) in [7, 11) is -3.36. The van der Waals surface area contributed by atoms with Crippen LogP contribution >= 0.6 is 11.6 Å². The molecule has 2 atom stereocenters. The summed E-state index contributed by atoms with van der Waals surface area (Å²) in [5.74, 6) is 0.201. The van der Waals surface area contributed by atoms with E-state index in [0.717, 1.165) is 5.56 Å². The normalized spacial score (nSPS) is 15.5. The largest absolute Gasteiger partial charge is 0.240 e. The highest BCUT2D eigenvalue weighted by molar-refractivity contribution is 7.89. The highest BCUT2D eigenvalue weighted by Gasteiger charge is 2.15. The van der Waals surface area contributed by atoms with Crippen LogP contribution in [0.5, 0.6) is 0 Å². The molecule has 0 bridgehead atoms. The third kappa shape index (κ3) is 3.69. The first-order valence-corrected chi connectivity index (χ1v) is 7.54. The van der Waals surface area contributed by atoms with Crippen LogP contribution in [0.1, 0.15) is 32.3 Å². The molecular weight excluding hydrogens is 258 g/mol. The number of alkyl halides is 1. The molecule has 3 nitrogen and oxygen atoms in total. The van der Waals surface area contributed by atoms with Gasteiger partial charge < -0.3 is 0 Å². The Balaban J connectivity index is 2.96. The number of rotatable bonds is 5. The summed E-state index contributed by atoms with van der Waals surface area (Å²) < 4.78 is 25.9. The van der Waals surface area contributed by atoms with E-state index in [1.807, 2.05) is 26.0 Å². The molecule has 1 aromatic rings. The standard InChI is InChI=1S/C12H18ClNO2S/c1-4-14-17(15,16)12-7-5-11(6-8-12)9(2)10(3)13/h5-10,14H,4H2,1-3H3. The quantitative estimate of drug-likeness (QED) is 0.840. The van der Waals surface area contributed by atoms with Crippen molar-refractivity contribution in [2.24, 2.45) is 0 Å². The fraction of sp³-hybridized carbons (Fsp3) is 0.500. The molecular formula is C12H18ClNO2S. The molecule has 1 rings (SSSR count). The molecule has 0 radical (unpaired) electrons. The molecule has 0 aromatic heterocycles. The molecule has 0 amide bonds. The molecule has 0 spiro atoms. The zero-order chi connectivity index (χ0) is 13.1. The molecule has 0 aliphatic rings. The van der Waals surface area contributed by atoms with Crippen LogP contribution in [0.4, 0.5) is 0 Å². The molecule has 96 valence electrons. The van der Waals surface area contributed by atoms with Crippen molar-refractivity contribution < 1.29 is 8.42 Å². The van der Waals surface area contributed by atoms with Crippen molar-refractivity contribution in [3.8, 4) is 0 Å². The van der Waals surface area contributed by atoms with Gasteiger partial charge in [-0.3, -0.25) is 0 Å². The fourth-order valence-corrected chi connectivity index (χ4v) is 2.68. The first-order chi connectivity index (χ1) is 7.88. The van der Waals surface area contributed by atoms with E-state index in [1.165, 1.54) is 0 Å². The van der Waals surface area contributed by atoms with Crippen molar-refractivity contribution in [3.63, 3.8) is 0 Å². The second kappa shape index (κ2) is 5.85. The second-order valence-corrected chi connectivity index (χ2v) is 6.49. The summed E-state index contributed by atoms with van der Waals surface area (Å²) in [6, 6.07) is 6.85. The zero-order valence-electron chi connectivity index (χ0n) is 10.3. The minimum absolute atomic E-state index is 0.0197. The lowest BCUT2D eigenvalue weighted by atomic mass is 9.99. The predicted molar refractivity (Wildman–Crippen MR) is 71.0 cm³/mol. The number of hydrogen-bond acceptors (Lipinski definition) is 2. The topological polar surface area (TPSA) is 46.2 Å². The van der Waals surface area contributed by atoms with E-state index in [2.05, 4.69) is 4.72 Å². The van der Waals surface area contributed by atoms with Crippen LogP contribution in [-0.4, -0.2) is 20.3 Å². The third-order valence-electron chi connectivity index (χ3n) is 2.74. The maximum absolute atomic E-state index is 11.7. The van der Waals surface area contributed by atoms with Crippen molar-refractivity contribution in [3.05, 3.63) is 29.8 Å².